The maximum Gasteiger partial charge on any atom is 0.213 e. The van der Waals surface area contributed by atoms with Crippen LogP contribution in [-0.2, 0) is 6.42 Å². The molecule has 0 atom stereocenters. The predicted molar refractivity (Wildman–Crippen MR) is 82.7 cm³/mol. The van der Waals surface area contributed by atoms with E-state index in [9.17, 15) is 9.18 Å². The third-order valence-electron chi connectivity index (χ3n) is 3.85. The molecule has 22 heavy (non-hydrogen) atoms. The van der Waals surface area contributed by atoms with Crippen LogP contribution in [0.3, 0.4) is 0 Å². The highest BCUT2D eigenvalue weighted by molar-refractivity contribution is 5.76. The fraction of sp³-hybridized carbons (Fsp3) is 0.500. The summed E-state index contributed by atoms with van der Waals surface area (Å²) in [5.41, 5.74) is 7.20. The molecule has 0 aliphatic heterocycles. The number of nitrogens with zero attached hydrogens (tertiary/aromatic N) is 2. The van der Waals surface area contributed by atoms with E-state index in [4.69, 9.17) is 10.5 Å². The molecular weight excluding hydrogens is 285 g/mol. The van der Waals surface area contributed by atoms with Crippen LogP contribution in [0.4, 0.5) is 4.39 Å². The van der Waals surface area contributed by atoms with Crippen LogP contribution in [-0.4, -0.2) is 49.0 Å². The fourth-order valence-electron chi connectivity index (χ4n) is 2.18. The Morgan fingerprint density at radius 3 is 2.95 bits per heavy atom. The van der Waals surface area contributed by atoms with Crippen molar-refractivity contribution in [2.75, 3.05) is 26.7 Å². The second-order valence-electron chi connectivity index (χ2n) is 5.56. The molecule has 120 valence electrons. The molecule has 1 aromatic heterocycles. The zero-order chi connectivity index (χ0) is 15.9. The average Bonchev–Trinajstić information content (AvgIpc) is 3.38. The summed E-state index contributed by atoms with van der Waals surface area (Å²) in [6.07, 6.45) is 6.00. The van der Waals surface area contributed by atoms with Gasteiger partial charge in [0.15, 0.2) is 6.29 Å². The maximum atomic E-state index is 12.5. The summed E-state index contributed by atoms with van der Waals surface area (Å²) in [5, 5.41) is 0. The van der Waals surface area contributed by atoms with E-state index < -0.39 is 0 Å². The largest absolute Gasteiger partial charge is 0.473 e. The number of ether oxygens (including phenoxy) is 1. The van der Waals surface area contributed by atoms with Crippen LogP contribution in [0.1, 0.15) is 28.8 Å². The Balaban J connectivity index is 1.99. The average molecular weight is 307 g/mol. The Morgan fingerprint density at radius 1 is 1.59 bits per heavy atom. The topological polar surface area (TPSA) is 68.5 Å². The SMILES string of the molecule is CN(CCc1cc(OC/C(=C/F)CN)ncc1C=O)C1CC1. The number of rotatable bonds is 9. The molecule has 2 rings (SSSR count). The quantitative estimate of drug-likeness (QED) is 0.704. The van der Waals surface area contributed by atoms with Crippen molar-refractivity contribution >= 4 is 6.29 Å². The highest BCUT2D eigenvalue weighted by Gasteiger charge is 2.25. The van der Waals surface area contributed by atoms with Gasteiger partial charge in [0.05, 0.1) is 6.33 Å². The molecule has 0 unspecified atom stereocenters. The van der Waals surface area contributed by atoms with E-state index in [1.807, 2.05) is 0 Å². The maximum absolute atomic E-state index is 12.5. The van der Waals surface area contributed by atoms with Crippen LogP contribution in [0.25, 0.3) is 0 Å². The van der Waals surface area contributed by atoms with Gasteiger partial charge < -0.3 is 15.4 Å². The van der Waals surface area contributed by atoms with Gasteiger partial charge in [-0.25, -0.2) is 9.37 Å². The highest BCUT2D eigenvalue weighted by atomic mass is 19.1. The zero-order valence-electron chi connectivity index (χ0n) is 12.8. The van der Waals surface area contributed by atoms with Gasteiger partial charge in [-0.3, -0.25) is 4.79 Å². The van der Waals surface area contributed by atoms with E-state index in [-0.39, 0.29) is 13.2 Å². The molecule has 0 bridgehead atoms. The monoisotopic (exact) mass is 307 g/mol. The number of hydrogen-bond donors (Lipinski definition) is 1. The second-order valence-corrected chi connectivity index (χ2v) is 5.56. The minimum absolute atomic E-state index is 0.0574. The summed E-state index contributed by atoms with van der Waals surface area (Å²) in [7, 11) is 2.09. The standard InChI is InChI=1S/C16H22FN3O2/c1-20(15-2-3-15)5-4-13-6-16(19-9-14(13)10-21)22-11-12(7-17)8-18/h6-7,9-10,15H,2-5,8,11,18H2,1H3/b12-7+. The second kappa shape index (κ2) is 8.00. The number of carbonyl (C=O) groups excluding carboxylic acids is 1. The molecular formula is C16H22FN3O2. The zero-order valence-corrected chi connectivity index (χ0v) is 12.8. The summed E-state index contributed by atoms with van der Waals surface area (Å²) < 4.78 is 17.9. The summed E-state index contributed by atoms with van der Waals surface area (Å²) in [6, 6.07) is 2.43. The van der Waals surface area contributed by atoms with Crippen molar-refractivity contribution in [2.45, 2.75) is 25.3 Å². The summed E-state index contributed by atoms with van der Waals surface area (Å²) in [4.78, 5) is 17.5. The van der Waals surface area contributed by atoms with Crippen LogP contribution >= 0.6 is 0 Å². The van der Waals surface area contributed by atoms with Gasteiger partial charge in [0, 0.05) is 42.5 Å². The van der Waals surface area contributed by atoms with Crippen molar-refractivity contribution in [2.24, 2.45) is 5.73 Å². The van der Waals surface area contributed by atoms with Crippen LogP contribution in [0.2, 0.25) is 0 Å². The van der Waals surface area contributed by atoms with Crippen LogP contribution in [0, 0.1) is 0 Å². The van der Waals surface area contributed by atoms with E-state index in [0.717, 1.165) is 24.8 Å². The Hall–Kier alpha value is -1.79. The number of pyridine rings is 1. The molecule has 0 spiro atoms. The van der Waals surface area contributed by atoms with Crippen molar-refractivity contribution in [3.63, 3.8) is 0 Å². The van der Waals surface area contributed by atoms with Gasteiger partial charge in [0.1, 0.15) is 6.61 Å². The Kier molecular flexibility index (Phi) is 6.03. The number of halogens is 1. The first-order valence-electron chi connectivity index (χ1n) is 7.43. The normalized spacial score (nSPS) is 15.2. The Bertz CT molecular complexity index is 544. The van der Waals surface area contributed by atoms with Gasteiger partial charge in [0.25, 0.3) is 0 Å². The van der Waals surface area contributed by atoms with E-state index in [1.165, 1.54) is 19.0 Å². The minimum atomic E-state index is 0.0574. The van der Waals surface area contributed by atoms with Crippen LogP contribution in [0.15, 0.2) is 24.2 Å². The lowest BCUT2D eigenvalue weighted by Crippen LogP contribution is -2.23. The number of aromatic nitrogens is 1. The molecule has 1 saturated carbocycles. The molecule has 1 heterocycles. The molecule has 0 amide bonds. The fourth-order valence-corrected chi connectivity index (χ4v) is 2.18. The van der Waals surface area contributed by atoms with Gasteiger partial charge in [-0.05, 0) is 31.9 Å². The first-order chi connectivity index (χ1) is 10.7. The number of nitrogens with two attached hydrogens (primary N) is 1. The van der Waals surface area contributed by atoms with Crippen molar-refractivity contribution < 1.29 is 13.9 Å². The third kappa shape index (κ3) is 4.61. The van der Waals surface area contributed by atoms with E-state index >= 15 is 0 Å². The van der Waals surface area contributed by atoms with Gasteiger partial charge in [-0.1, -0.05) is 0 Å². The molecule has 6 heteroatoms. The van der Waals surface area contributed by atoms with Crippen molar-refractivity contribution in [1.82, 2.24) is 9.88 Å². The molecule has 0 radical (unpaired) electrons. The Labute approximate surface area is 130 Å². The number of aldehydes is 1. The van der Waals surface area contributed by atoms with Gasteiger partial charge in [-0.2, -0.15) is 0 Å². The smallest absolute Gasteiger partial charge is 0.213 e. The molecule has 5 nitrogen and oxygen atoms in total. The van der Waals surface area contributed by atoms with Crippen molar-refractivity contribution in [3.8, 4) is 5.88 Å². The van der Waals surface area contributed by atoms with Crippen LogP contribution in [0.5, 0.6) is 5.88 Å². The lowest BCUT2D eigenvalue weighted by atomic mass is 10.1. The van der Waals surface area contributed by atoms with Gasteiger partial charge in [0.2, 0.25) is 5.88 Å². The van der Waals surface area contributed by atoms with E-state index in [0.29, 0.717) is 29.4 Å². The molecule has 1 fully saturated rings. The minimum Gasteiger partial charge on any atom is -0.473 e. The molecule has 1 aromatic rings. The van der Waals surface area contributed by atoms with E-state index in [1.54, 1.807) is 6.07 Å². The lowest BCUT2D eigenvalue weighted by Gasteiger charge is -2.16. The number of likely N-dealkylation sites (N-methyl/N-ethyl adjacent to an activating group) is 1. The molecule has 0 saturated heterocycles. The van der Waals surface area contributed by atoms with Crippen molar-refractivity contribution in [3.05, 3.63) is 35.3 Å². The highest BCUT2D eigenvalue weighted by Crippen LogP contribution is 2.25. The number of hydrogen-bond acceptors (Lipinski definition) is 5. The summed E-state index contributed by atoms with van der Waals surface area (Å²) >= 11 is 0. The molecule has 1 aliphatic carbocycles. The van der Waals surface area contributed by atoms with E-state index in [2.05, 4.69) is 16.9 Å². The molecule has 0 aromatic carbocycles. The first kappa shape index (κ1) is 16.6. The summed E-state index contributed by atoms with van der Waals surface area (Å²) in [5.74, 6) is 0.377. The number of carbonyl (C=O) groups is 1. The lowest BCUT2D eigenvalue weighted by molar-refractivity contribution is 0.112. The molecule has 1 aliphatic rings. The van der Waals surface area contributed by atoms with Crippen LogP contribution < -0.4 is 10.5 Å². The summed E-state index contributed by atoms with van der Waals surface area (Å²) in [6.45, 7) is 1.04. The molecule has 2 N–H and O–H groups in total. The first-order valence-corrected chi connectivity index (χ1v) is 7.43. The van der Waals surface area contributed by atoms with Gasteiger partial charge >= 0.3 is 0 Å². The van der Waals surface area contributed by atoms with Gasteiger partial charge in [-0.15, -0.1) is 0 Å². The Morgan fingerprint density at radius 2 is 2.36 bits per heavy atom. The third-order valence-corrected chi connectivity index (χ3v) is 3.85. The predicted octanol–water partition coefficient (Wildman–Crippen LogP) is 1.72. The van der Waals surface area contributed by atoms with Crippen molar-refractivity contribution in [1.29, 1.82) is 0 Å².